The second-order valence-electron chi connectivity index (χ2n) is 4.96. The molecule has 2 heterocycles. The average Bonchev–Trinajstić information content (AvgIpc) is 2.95. The van der Waals surface area contributed by atoms with Crippen LogP contribution >= 0.6 is 0 Å². The van der Waals surface area contributed by atoms with Crippen LogP contribution < -0.4 is 0 Å². The van der Waals surface area contributed by atoms with E-state index in [9.17, 15) is 5.11 Å². The third-order valence-electron chi connectivity index (χ3n) is 3.65. The van der Waals surface area contributed by atoms with Crippen molar-refractivity contribution in [2.75, 3.05) is 13.1 Å². The van der Waals surface area contributed by atoms with Crippen molar-refractivity contribution >= 4 is 10.9 Å². The highest BCUT2D eigenvalue weighted by Gasteiger charge is 2.22. The van der Waals surface area contributed by atoms with Gasteiger partial charge in [-0.1, -0.05) is 18.2 Å². The maximum absolute atomic E-state index is 9.57. The topological polar surface area (TPSA) is 41.3 Å². The fourth-order valence-electron chi connectivity index (χ4n) is 2.72. The summed E-state index contributed by atoms with van der Waals surface area (Å²) in [6, 6.07) is 8.37. The normalized spacial score (nSPS) is 20.9. The van der Waals surface area contributed by atoms with Gasteiger partial charge in [-0.05, 0) is 19.4 Å². The molecule has 1 N–H and O–H groups in total. The predicted molar refractivity (Wildman–Crippen MR) is 71.3 cm³/mol. The molecule has 0 aliphatic carbocycles. The van der Waals surface area contributed by atoms with E-state index in [-0.39, 0.29) is 6.10 Å². The molecular formula is C14H19N3O. The van der Waals surface area contributed by atoms with Crippen LogP contribution in [0.5, 0.6) is 0 Å². The summed E-state index contributed by atoms with van der Waals surface area (Å²) in [6.45, 7) is 5.58. The monoisotopic (exact) mass is 245 g/mol. The molecule has 4 heteroatoms. The second-order valence-corrected chi connectivity index (χ2v) is 4.96. The Hall–Kier alpha value is -1.39. The van der Waals surface area contributed by atoms with Crippen molar-refractivity contribution in [3.8, 4) is 0 Å². The van der Waals surface area contributed by atoms with Crippen molar-refractivity contribution in [3.05, 3.63) is 30.0 Å². The first kappa shape index (κ1) is 11.7. The van der Waals surface area contributed by atoms with Gasteiger partial charge in [0, 0.05) is 31.6 Å². The summed E-state index contributed by atoms with van der Waals surface area (Å²) < 4.78 is 2.05. The van der Waals surface area contributed by atoms with Crippen molar-refractivity contribution in [1.82, 2.24) is 14.7 Å². The molecule has 1 saturated heterocycles. The number of hydrogen-bond acceptors (Lipinski definition) is 3. The Labute approximate surface area is 107 Å². The summed E-state index contributed by atoms with van der Waals surface area (Å²) in [5.74, 6) is 0. The molecule has 1 fully saturated rings. The van der Waals surface area contributed by atoms with Crippen LogP contribution in [-0.2, 0) is 13.1 Å². The maximum Gasteiger partial charge on any atom is 0.0843 e. The van der Waals surface area contributed by atoms with Gasteiger partial charge in [0.2, 0.25) is 0 Å². The number of aliphatic hydroxyl groups is 1. The fourth-order valence-corrected chi connectivity index (χ4v) is 2.72. The van der Waals surface area contributed by atoms with E-state index < -0.39 is 0 Å². The van der Waals surface area contributed by atoms with E-state index in [0.717, 1.165) is 38.3 Å². The van der Waals surface area contributed by atoms with Crippen molar-refractivity contribution in [3.63, 3.8) is 0 Å². The molecular weight excluding hydrogens is 226 g/mol. The number of nitrogens with zero attached hydrogens (tertiary/aromatic N) is 3. The van der Waals surface area contributed by atoms with Crippen molar-refractivity contribution < 1.29 is 5.11 Å². The van der Waals surface area contributed by atoms with Gasteiger partial charge in [0.15, 0.2) is 0 Å². The zero-order chi connectivity index (χ0) is 12.5. The minimum absolute atomic E-state index is 0.162. The molecule has 96 valence electrons. The Morgan fingerprint density at radius 2 is 2.22 bits per heavy atom. The van der Waals surface area contributed by atoms with Crippen LogP contribution in [-0.4, -0.2) is 39.0 Å². The first-order valence-corrected chi connectivity index (χ1v) is 6.62. The fraction of sp³-hybridized carbons (Fsp3) is 0.500. The Bertz CT molecular complexity index is 549. The summed E-state index contributed by atoms with van der Waals surface area (Å²) in [5.41, 5.74) is 2.33. The van der Waals surface area contributed by atoms with E-state index in [4.69, 9.17) is 0 Å². The van der Waals surface area contributed by atoms with Crippen LogP contribution in [0, 0.1) is 0 Å². The summed E-state index contributed by atoms with van der Waals surface area (Å²) in [4.78, 5) is 2.28. The second kappa shape index (κ2) is 4.71. The van der Waals surface area contributed by atoms with E-state index in [2.05, 4.69) is 45.9 Å². The van der Waals surface area contributed by atoms with Gasteiger partial charge >= 0.3 is 0 Å². The molecule has 2 aromatic rings. The Morgan fingerprint density at radius 1 is 1.39 bits per heavy atom. The minimum Gasteiger partial charge on any atom is -0.392 e. The molecule has 18 heavy (non-hydrogen) atoms. The Morgan fingerprint density at radius 3 is 2.94 bits per heavy atom. The van der Waals surface area contributed by atoms with E-state index in [1.54, 1.807) is 0 Å². The molecule has 1 unspecified atom stereocenters. The lowest BCUT2D eigenvalue weighted by molar-refractivity contribution is 0.174. The molecule has 0 amide bonds. The number of β-amino-alcohol motifs (C(OH)–C–C–N with tert-alkyl or cyclic N) is 1. The molecule has 0 spiro atoms. The van der Waals surface area contributed by atoms with Gasteiger partial charge in [-0.15, -0.1) is 0 Å². The van der Waals surface area contributed by atoms with Crippen LogP contribution in [0.4, 0.5) is 0 Å². The number of benzene rings is 1. The van der Waals surface area contributed by atoms with E-state index in [1.165, 1.54) is 10.9 Å². The summed E-state index contributed by atoms with van der Waals surface area (Å²) >= 11 is 0. The largest absolute Gasteiger partial charge is 0.392 e. The zero-order valence-electron chi connectivity index (χ0n) is 10.7. The highest BCUT2D eigenvalue weighted by Crippen LogP contribution is 2.21. The highest BCUT2D eigenvalue weighted by molar-refractivity contribution is 5.81. The number of para-hydroxylation sites is 1. The highest BCUT2D eigenvalue weighted by atomic mass is 16.3. The van der Waals surface area contributed by atoms with Gasteiger partial charge in [-0.3, -0.25) is 9.58 Å². The van der Waals surface area contributed by atoms with E-state index in [1.807, 2.05) is 0 Å². The quantitative estimate of drug-likeness (QED) is 0.893. The molecule has 1 atom stereocenters. The van der Waals surface area contributed by atoms with Gasteiger partial charge in [0.05, 0.1) is 17.3 Å². The number of hydrogen-bond donors (Lipinski definition) is 1. The molecule has 1 aliphatic heterocycles. The third-order valence-corrected chi connectivity index (χ3v) is 3.65. The molecule has 1 aromatic heterocycles. The first-order valence-electron chi connectivity index (χ1n) is 6.62. The zero-order valence-corrected chi connectivity index (χ0v) is 10.7. The number of rotatable bonds is 3. The van der Waals surface area contributed by atoms with Crippen molar-refractivity contribution in [2.45, 2.75) is 32.5 Å². The van der Waals surface area contributed by atoms with Gasteiger partial charge in [0.25, 0.3) is 0 Å². The molecule has 1 aliphatic rings. The summed E-state index contributed by atoms with van der Waals surface area (Å²) in [7, 11) is 0. The molecule has 4 nitrogen and oxygen atoms in total. The number of aromatic nitrogens is 2. The number of aliphatic hydroxyl groups excluding tert-OH is 1. The predicted octanol–water partition coefficient (Wildman–Crippen LogP) is 1.62. The number of fused-ring (bicyclic) bond motifs is 1. The van der Waals surface area contributed by atoms with Crippen LogP contribution in [0.2, 0.25) is 0 Å². The standard InChI is InChI=1S/C14H19N3O/c1-2-17-14-6-4-3-5-12(14)13(15-17)10-16-8-7-11(18)9-16/h3-6,11,18H,2,7-10H2,1H3. The Balaban J connectivity index is 1.92. The average molecular weight is 245 g/mol. The minimum atomic E-state index is -0.162. The van der Waals surface area contributed by atoms with Gasteiger partial charge in [-0.2, -0.15) is 5.10 Å². The van der Waals surface area contributed by atoms with Crippen molar-refractivity contribution in [1.29, 1.82) is 0 Å². The van der Waals surface area contributed by atoms with Gasteiger partial charge in [-0.25, -0.2) is 0 Å². The van der Waals surface area contributed by atoms with Crippen LogP contribution in [0.1, 0.15) is 19.0 Å². The first-order chi connectivity index (χ1) is 8.78. The SMILES string of the molecule is CCn1nc(CN2CCC(O)C2)c2ccccc21. The lowest BCUT2D eigenvalue weighted by atomic mass is 10.2. The van der Waals surface area contributed by atoms with E-state index in [0.29, 0.717) is 0 Å². The summed E-state index contributed by atoms with van der Waals surface area (Å²) in [5, 5.41) is 15.5. The maximum atomic E-state index is 9.57. The number of aryl methyl sites for hydroxylation is 1. The molecule has 0 bridgehead atoms. The molecule has 0 saturated carbocycles. The Kier molecular flexibility index (Phi) is 3.06. The summed E-state index contributed by atoms with van der Waals surface area (Å²) in [6.07, 6.45) is 0.719. The van der Waals surface area contributed by atoms with E-state index >= 15 is 0 Å². The smallest absolute Gasteiger partial charge is 0.0843 e. The molecule has 1 aromatic carbocycles. The number of likely N-dealkylation sites (tertiary alicyclic amines) is 1. The van der Waals surface area contributed by atoms with Gasteiger partial charge < -0.3 is 5.11 Å². The van der Waals surface area contributed by atoms with Crippen molar-refractivity contribution in [2.24, 2.45) is 0 Å². The van der Waals surface area contributed by atoms with Crippen LogP contribution in [0.25, 0.3) is 10.9 Å². The molecule has 0 radical (unpaired) electrons. The van der Waals surface area contributed by atoms with Gasteiger partial charge in [0.1, 0.15) is 0 Å². The van der Waals surface area contributed by atoms with Crippen LogP contribution in [0.15, 0.2) is 24.3 Å². The lowest BCUT2D eigenvalue weighted by Gasteiger charge is -2.12. The lowest BCUT2D eigenvalue weighted by Crippen LogP contribution is -2.21. The molecule has 3 rings (SSSR count). The third kappa shape index (κ3) is 2.02. The van der Waals surface area contributed by atoms with Crippen LogP contribution in [0.3, 0.4) is 0 Å².